The van der Waals surface area contributed by atoms with Gasteiger partial charge in [-0.1, -0.05) is 46.3 Å². The van der Waals surface area contributed by atoms with Gasteiger partial charge in [-0.3, -0.25) is 4.79 Å². The molecule has 0 spiro atoms. The predicted octanol–water partition coefficient (Wildman–Crippen LogP) is 4.11. The first kappa shape index (κ1) is 18.9. The molecule has 5 nitrogen and oxygen atoms in total. The number of pyridine rings is 1. The first-order chi connectivity index (χ1) is 13.6. The van der Waals surface area contributed by atoms with Crippen molar-refractivity contribution in [2.75, 3.05) is 38.3 Å². The Hall–Kier alpha value is -2.44. The molecule has 0 bridgehead atoms. The maximum Gasteiger partial charge on any atom is 0.254 e. The molecule has 0 N–H and O–H groups in total. The molecule has 28 heavy (non-hydrogen) atoms. The second-order valence-electron chi connectivity index (χ2n) is 6.93. The lowest BCUT2D eigenvalue weighted by molar-refractivity contribution is 0.0304. The molecule has 0 saturated carbocycles. The molecule has 1 amide bonds. The van der Waals surface area contributed by atoms with Crippen LogP contribution in [0.3, 0.4) is 0 Å². The topological polar surface area (TPSA) is 45.7 Å². The molecule has 0 unspecified atom stereocenters. The van der Waals surface area contributed by atoms with Gasteiger partial charge in [-0.25, -0.2) is 4.98 Å². The normalized spacial score (nSPS) is 14.3. The molecule has 6 heteroatoms. The largest absolute Gasteiger partial charge is 0.378 e. The lowest BCUT2D eigenvalue weighted by atomic mass is 10.1. The summed E-state index contributed by atoms with van der Waals surface area (Å²) in [4.78, 5) is 21.9. The van der Waals surface area contributed by atoms with Gasteiger partial charge in [0.1, 0.15) is 5.82 Å². The van der Waals surface area contributed by atoms with Crippen molar-refractivity contribution in [3.63, 3.8) is 0 Å². The highest BCUT2D eigenvalue weighted by molar-refractivity contribution is 9.10. The van der Waals surface area contributed by atoms with Crippen LogP contribution in [0, 0.1) is 0 Å². The van der Waals surface area contributed by atoms with Crippen molar-refractivity contribution in [1.82, 2.24) is 9.88 Å². The minimum Gasteiger partial charge on any atom is -0.378 e. The molecule has 144 valence electrons. The van der Waals surface area contributed by atoms with E-state index in [1.807, 2.05) is 54.4 Å². The summed E-state index contributed by atoms with van der Waals surface area (Å²) in [5, 5.41) is 0.889. The van der Waals surface area contributed by atoms with Gasteiger partial charge in [-0.15, -0.1) is 0 Å². The number of nitrogens with zero attached hydrogens (tertiary/aromatic N) is 3. The van der Waals surface area contributed by atoms with Crippen molar-refractivity contribution in [2.45, 2.75) is 6.54 Å². The van der Waals surface area contributed by atoms with E-state index in [1.54, 1.807) is 0 Å². The molecule has 1 aromatic heterocycles. The number of hydrogen-bond acceptors (Lipinski definition) is 4. The Morgan fingerprint density at radius 2 is 1.86 bits per heavy atom. The van der Waals surface area contributed by atoms with Crippen molar-refractivity contribution >= 4 is 38.6 Å². The lowest BCUT2D eigenvalue weighted by Crippen LogP contribution is -2.40. The van der Waals surface area contributed by atoms with Crippen LogP contribution in [-0.4, -0.2) is 49.1 Å². The van der Waals surface area contributed by atoms with Gasteiger partial charge in [0.2, 0.25) is 0 Å². The van der Waals surface area contributed by atoms with E-state index in [4.69, 9.17) is 9.72 Å². The van der Waals surface area contributed by atoms with Crippen molar-refractivity contribution in [2.24, 2.45) is 0 Å². The van der Waals surface area contributed by atoms with Gasteiger partial charge in [0.15, 0.2) is 0 Å². The fraction of sp³-hybridized carbons (Fsp3) is 0.273. The second-order valence-corrected chi connectivity index (χ2v) is 7.85. The number of anilines is 1. The van der Waals surface area contributed by atoms with Gasteiger partial charge < -0.3 is 14.5 Å². The van der Waals surface area contributed by atoms with E-state index in [-0.39, 0.29) is 5.91 Å². The number of aromatic nitrogens is 1. The zero-order chi connectivity index (χ0) is 19.5. The van der Waals surface area contributed by atoms with Crippen molar-refractivity contribution in [3.05, 3.63) is 70.2 Å². The Kier molecular flexibility index (Phi) is 5.59. The number of carbonyl (C=O) groups is 1. The van der Waals surface area contributed by atoms with Gasteiger partial charge in [0.05, 0.1) is 24.3 Å². The number of morpholine rings is 1. The van der Waals surface area contributed by atoms with E-state index in [9.17, 15) is 4.79 Å². The Morgan fingerprint density at radius 1 is 1.14 bits per heavy atom. The molecule has 0 radical (unpaired) electrons. The van der Waals surface area contributed by atoms with Crippen LogP contribution < -0.4 is 4.90 Å². The molecule has 4 rings (SSSR count). The molecule has 2 aromatic carbocycles. The zero-order valence-electron chi connectivity index (χ0n) is 15.8. The Balaban J connectivity index is 1.68. The third-order valence-electron chi connectivity index (χ3n) is 4.96. The van der Waals surface area contributed by atoms with Crippen LogP contribution in [-0.2, 0) is 11.3 Å². The Labute approximate surface area is 173 Å². The zero-order valence-corrected chi connectivity index (χ0v) is 17.4. The maximum atomic E-state index is 13.2. The lowest BCUT2D eigenvalue weighted by Gasteiger charge is -2.28. The van der Waals surface area contributed by atoms with Crippen LogP contribution in [0.2, 0.25) is 0 Å². The maximum absolute atomic E-state index is 13.2. The molecular formula is C22H22BrN3O2. The monoisotopic (exact) mass is 439 g/mol. The summed E-state index contributed by atoms with van der Waals surface area (Å²) in [6.07, 6.45) is 0. The first-order valence-corrected chi connectivity index (χ1v) is 10.1. The number of carbonyl (C=O) groups excluding carboxylic acids is 1. The number of hydrogen-bond donors (Lipinski definition) is 0. The minimum atomic E-state index is 0.0418. The highest BCUT2D eigenvalue weighted by Gasteiger charge is 2.22. The van der Waals surface area contributed by atoms with Gasteiger partial charge >= 0.3 is 0 Å². The van der Waals surface area contributed by atoms with Crippen LogP contribution >= 0.6 is 15.9 Å². The predicted molar refractivity (Wildman–Crippen MR) is 115 cm³/mol. The number of ether oxygens (including phenoxy) is 1. The number of halogens is 1. The molecule has 3 aromatic rings. The number of fused-ring (bicyclic) bond motifs is 1. The highest BCUT2D eigenvalue weighted by Crippen LogP contribution is 2.25. The molecule has 2 heterocycles. The van der Waals surface area contributed by atoms with Crippen molar-refractivity contribution in [3.8, 4) is 0 Å². The summed E-state index contributed by atoms with van der Waals surface area (Å²) < 4.78 is 6.45. The quantitative estimate of drug-likeness (QED) is 0.613. The van der Waals surface area contributed by atoms with Crippen molar-refractivity contribution in [1.29, 1.82) is 0 Å². The molecule has 1 aliphatic rings. The summed E-state index contributed by atoms with van der Waals surface area (Å²) in [6, 6.07) is 18.0. The van der Waals surface area contributed by atoms with Crippen LogP contribution in [0.15, 0.2) is 59.1 Å². The molecule has 1 fully saturated rings. The van der Waals surface area contributed by atoms with Gasteiger partial charge in [0, 0.05) is 36.5 Å². The molecule has 1 aliphatic heterocycles. The average molecular weight is 440 g/mol. The molecule has 1 saturated heterocycles. The fourth-order valence-electron chi connectivity index (χ4n) is 3.42. The highest BCUT2D eigenvalue weighted by atomic mass is 79.9. The third-order valence-corrected chi connectivity index (χ3v) is 5.48. The smallest absolute Gasteiger partial charge is 0.254 e. The molecule has 0 atom stereocenters. The SMILES string of the molecule is CN(Cc1ccc(Br)cc1)c1cc(C(=O)N2CCOCC2)c2ccccc2n1. The summed E-state index contributed by atoms with van der Waals surface area (Å²) >= 11 is 3.47. The Morgan fingerprint density at radius 3 is 2.61 bits per heavy atom. The van der Waals surface area contributed by atoms with Gasteiger partial charge in [0.25, 0.3) is 5.91 Å². The van der Waals surface area contributed by atoms with Crippen LogP contribution in [0.4, 0.5) is 5.82 Å². The summed E-state index contributed by atoms with van der Waals surface area (Å²) in [5.74, 6) is 0.832. The van der Waals surface area contributed by atoms with Crippen LogP contribution in [0.1, 0.15) is 15.9 Å². The van der Waals surface area contributed by atoms with Crippen molar-refractivity contribution < 1.29 is 9.53 Å². The summed E-state index contributed by atoms with van der Waals surface area (Å²) in [6.45, 7) is 3.14. The number of para-hydroxylation sites is 1. The van der Waals surface area contributed by atoms with Crippen LogP contribution in [0.25, 0.3) is 10.9 Å². The van der Waals surface area contributed by atoms with E-state index < -0.39 is 0 Å². The molecular weight excluding hydrogens is 418 g/mol. The molecule has 0 aliphatic carbocycles. The fourth-order valence-corrected chi connectivity index (χ4v) is 3.68. The summed E-state index contributed by atoms with van der Waals surface area (Å²) in [5.41, 5.74) is 2.71. The van der Waals surface area contributed by atoms with E-state index in [1.165, 1.54) is 5.56 Å². The average Bonchev–Trinajstić information content (AvgIpc) is 2.74. The van der Waals surface area contributed by atoms with Gasteiger partial charge in [-0.2, -0.15) is 0 Å². The van der Waals surface area contributed by atoms with Gasteiger partial charge in [-0.05, 0) is 29.8 Å². The van der Waals surface area contributed by atoms with Crippen LogP contribution in [0.5, 0.6) is 0 Å². The van der Waals surface area contributed by atoms with E-state index in [0.717, 1.165) is 21.2 Å². The summed E-state index contributed by atoms with van der Waals surface area (Å²) in [7, 11) is 2.00. The standard InChI is InChI=1S/C22H22BrN3O2/c1-25(15-16-6-8-17(23)9-7-16)21-14-19(18-4-2-3-5-20(18)24-21)22(27)26-10-12-28-13-11-26/h2-9,14H,10-13,15H2,1H3. The number of amides is 1. The Bertz CT molecular complexity index is 985. The first-order valence-electron chi connectivity index (χ1n) is 9.34. The van der Waals surface area contributed by atoms with E-state index in [2.05, 4.69) is 33.0 Å². The number of benzene rings is 2. The third kappa shape index (κ3) is 4.03. The van der Waals surface area contributed by atoms with E-state index in [0.29, 0.717) is 38.4 Å². The number of rotatable bonds is 4. The minimum absolute atomic E-state index is 0.0418. The van der Waals surface area contributed by atoms with E-state index >= 15 is 0 Å². The second kappa shape index (κ2) is 8.29.